The number of piperazine rings is 1. The van der Waals surface area contributed by atoms with Gasteiger partial charge in [0, 0.05) is 75.8 Å². The summed E-state index contributed by atoms with van der Waals surface area (Å²) in [7, 11) is 4.20. The minimum Gasteiger partial charge on any atom is -0.370 e. The lowest BCUT2D eigenvalue weighted by molar-refractivity contribution is 0.102. The van der Waals surface area contributed by atoms with E-state index in [1.165, 1.54) is 0 Å². The van der Waals surface area contributed by atoms with E-state index in [-0.39, 0.29) is 23.7 Å². The number of nitrogens with two attached hydrogens (primary N) is 2. The van der Waals surface area contributed by atoms with Crippen molar-refractivity contribution in [3.63, 3.8) is 0 Å². The van der Waals surface area contributed by atoms with Gasteiger partial charge in [0.2, 0.25) is 0 Å². The summed E-state index contributed by atoms with van der Waals surface area (Å²) in [5.74, 6) is -0.0770. The average Bonchev–Trinajstić information content (AvgIpc) is 2.99. The Labute approximate surface area is 255 Å². The third-order valence-electron chi connectivity index (χ3n) is 7.66. The van der Waals surface area contributed by atoms with E-state index in [2.05, 4.69) is 49.7 Å². The topological polar surface area (TPSA) is 174 Å². The van der Waals surface area contributed by atoms with Crippen LogP contribution in [0.15, 0.2) is 41.3 Å². The third kappa shape index (κ3) is 12.3. The summed E-state index contributed by atoms with van der Waals surface area (Å²) in [6.07, 6.45) is 6.07. The van der Waals surface area contributed by atoms with Crippen LogP contribution >= 0.6 is 0 Å². The first-order valence-electron chi connectivity index (χ1n) is 15.4. The Morgan fingerprint density at radius 1 is 1.02 bits per heavy atom. The number of aromatic nitrogens is 2. The van der Waals surface area contributed by atoms with Gasteiger partial charge in [-0.25, -0.2) is 4.79 Å². The van der Waals surface area contributed by atoms with Gasteiger partial charge >= 0.3 is 5.69 Å². The lowest BCUT2D eigenvalue weighted by Gasteiger charge is -2.36. The second-order valence-electron chi connectivity index (χ2n) is 11.3. The quantitative estimate of drug-likeness (QED) is 0.0808. The highest BCUT2D eigenvalue weighted by molar-refractivity contribution is 6.03. The molecule has 0 unspecified atom stereocenters. The number of guanidine groups is 1. The number of hydrogen-bond acceptors (Lipinski definition) is 9. The lowest BCUT2D eigenvalue weighted by atomic mass is 10.1. The van der Waals surface area contributed by atoms with E-state index < -0.39 is 5.69 Å². The summed E-state index contributed by atoms with van der Waals surface area (Å²) in [5, 5.41) is 16.4. The number of nitrogens with zero attached hydrogens (tertiary/aromatic N) is 5. The van der Waals surface area contributed by atoms with E-state index in [1.807, 2.05) is 24.3 Å². The van der Waals surface area contributed by atoms with E-state index in [9.17, 15) is 9.59 Å². The molecular weight excluding hydrogens is 546 g/mol. The van der Waals surface area contributed by atoms with Gasteiger partial charge in [0.15, 0.2) is 5.96 Å². The minimum absolute atomic E-state index is 0.0204. The molecule has 1 aliphatic heterocycles. The van der Waals surface area contributed by atoms with Crippen LogP contribution in [0.4, 0.5) is 11.5 Å². The first-order valence-corrected chi connectivity index (χ1v) is 15.4. The zero-order valence-corrected chi connectivity index (χ0v) is 25.9. The molecular formula is C30H51N11O2. The zero-order valence-electron chi connectivity index (χ0n) is 25.9. The fourth-order valence-electron chi connectivity index (χ4n) is 5.09. The predicted octanol–water partition coefficient (Wildman–Crippen LogP) is 0.530. The molecule has 1 aromatic heterocycles. The van der Waals surface area contributed by atoms with Crippen molar-refractivity contribution >= 4 is 23.4 Å². The van der Waals surface area contributed by atoms with Crippen molar-refractivity contribution in [3.8, 4) is 0 Å². The van der Waals surface area contributed by atoms with E-state index in [0.717, 1.165) is 83.6 Å². The molecule has 0 bridgehead atoms. The van der Waals surface area contributed by atoms with Gasteiger partial charge in [-0.2, -0.15) is 4.98 Å². The highest BCUT2D eigenvalue weighted by Gasteiger charge is 2.18. The number of amides is 1. The molecule has 1 fully saturated rings. The number of benzene rings is 1. The smallest absolute Gasteiger partial charge is 0.349 e. The molecule has 1 aliphatic rings. The second-order valence-corrected chi connectivity index (χ2v) is 11.3. The molecule has 2 heterocycles. The lowest BCUT2D eigenvalue weighted by Crippen LogP contribution is -2.48. The molecule has 1 amide bonds. The molecule has 2 aromatic rings. The van der Waals surface area contributed by atoms with Crippen LogP contribution in [0.1, 0.15) is 42.5 Å². The summed E-state index contributed by atoms with van der Waals surface area (Å²) in [5.41, 5.74) is 12.2. The fraction of sp³-hybridized carbons (Fsp3) is 0.600. The van der Waals surface area contributed by atoms with Gasteiger partial charge in [-0.05, 0) is 89.6 Å². The molecule has 13 nitrogen and oxygen atoms in total. The van der Waals surface area contributed by atoms with Crippen LogP contribution in [0.25, 0.3) is 0 Å². The van der Waals surface area contributed by atoms with Crippen LogP contribution in [-0.4, -0.2) is 110 Å². The Hall–Kier alpha value is -3.52. The molecule has 43 heavy (non-hydrogen) atoms. The van der Waals surface area contributed by atoms with Crippen molar-refractivity contribution < 1.29 is 4.79 Å². The van der Waals surface area contributed by atoms with Gasteiger partial charge in [0.05, 0.1) is 0 Å². The summed E-state index contributed by atoms with van der Waals surface area (Å²) in [4.78, 5) is 36.6. The Morgan fingerprint density at radius 3 is 2.40 bits per heavy atom. The van der Waals surface area contributed by atoms with Gasteiger partial charge in [-0.3, -0.25) is 19.7 Å². The van der Waals surface area contributed by atoms with Gasteiger partial charge < -0.3 is 37.2 Å². The van der Waals surface area contributed by atoms with Gasteiger partial charge in [-0.1, -0.05) is 0 Å². The standard InChI is InChI=1S/C30H51N11O2/c1-38(2)18-19-39-20-22-40(23-21-39)26-10-8-24(9-11-26)28(42)36-27-12-17-41(30(43)37-27)16-4-7-25(34-15-5-13-31)6-3-14-35-29(32)33/h8-12,17,25,34H,3-7,13-16,18-23,31H2,1-2H3,(H4,32,33,35)(H,36,37,42,43)/t25-/m0/s1. The molecule has 1 aromatic carbocycles. The molecule has 1 atom stereocenters. The number of anilines is 2. The molecule has 8 N–H and O–H groups in total. The van der Waals surface area contributed by atoms with Gasteiger partial charge in [0.25, 0.3) is 5.91 Å². The van der Waals surface area contributed by atoms with Crippen LogP contribution in [0.2, 0.25) is 0 Å². The average molecular weight is 598 g/mol. The van der Waals surface area contributed by atoms with Crippen LogP contribution in [-0.2, 0) is 6.54 Å². The largest absolute Gasteiger partial charge is 0.370 e. The number of carbonyl (C=O) groups excluding carboxylic acids is 1. The number of rotatable bonds is 18. The highest BCUT2D eigenvalue weighted by atomic mass is 16.2. The third-order valence-corrected chi connectivity index (χ3v) is 7.66. The van der Waals surface area contributed by atoms with Crippen molar-refractivity contribution in [1.82, 2.24) is 30.0 Å². The summed E-state index contributed by atoms with van der Waals surface area (Å²) in [6.45, 7) is 8.78. The molecule has 3 rings (SSSR count). The Balaban J connectivity index is 1.45. The number of aryl methyl sites for hydroxylation is 1. The van der Waals surface area contributed by atoms with Crippen molar-refractivity contribution in [2.75, 3.05) is 83.2 Å². The Morgan fingerprint density at radius 2 is 1.74 bits per heavy atom. The van der Waals surface area contributed by atoms with Crippen molar-refractivity contribution in [2.24, 2.45) is 11.5 Å². The Kier molecular flexibility index (Phi) is 14.4. The van der Waals surface area contributed by atoms with Crippen molar-refractivity contribution in [3.05, 3.63) is 52.6 Å². The summed E-state index contributed by atoms with van der Waals surface area (Å²) >= 11 is 0. The number of nitrogens with one attached hydrogen (secondary N) is 4. The van der Waals surface area contributed by atoms with E-state index >= 15 is 0 Å². The van der Waals surface area contributed by atoms with E-state index in [4.69, 9.17) is 16.9 Å². The predicted molar refractivity (Wildman–Crippen MR) is 174 cm³/mol. The fourth-order valence-corrected chi connectivity index (χ4v) is 5.09. The van der Waals surface area contributed by atoms with Gasteiger partial charge in [-0.15, -0.1) is 0 Å². The summed E-state index contributed by atoms with van der Waals surface area (Å²) in [6, 6.07) is 9.54. The summed E-state index contributed by atoms with van der Waals surface area (Å²) < 4.78 is 1.57. The normalized spacial score (nSPS) is 14.6. The minimum atomic E-state index is -0.392. The Bertz CT molecular complexity index is 1180. The zero-order chi connectivity index (χ0) is 31.0. The number of hydrogen-bond donors (Lipinski definition) is 6. The molecule has 0 aliphatic carbocycles. The van der Waals surface area contributed by atoms with Crippen LogP contribution < -0.4 is 38.0 Å². The van der Waals surface area contributed by atoms with Gasteiger partial charge in [0.1, 0.15) is 5.82 Å². The van der Waals surface area contributed by atoms with Crippen LogP contribution in [0.3, 0.4) is 0 Å². The number of likely N-dealkylation sites (N-methyl/N-ethyl adjacent to an activating group) is 1. The SMILES string of the molecule is CN(C)CCN1CCN(c2ccc(C(=O)Nc3ccn(CCC[C@H](CCCNC(=N)N)NCCCN)c(=O)n3)cc2)CC1. The van der Waals surface area contributed by atoms with Crippen LogP contribution in [0.5, 0.6) is 0 Å². The molecule has 238 valence electrons. The number of carbonyl (C=O) groups is 1. The molecule has 0 radical (unpaired) electrons. The highest BCUT2D eigenvalue weighted by Crippen LogP contribution is 2.18. The maximum atomic E-state index is 12.8. The maximum Gasteiger partial charge on any atom is 0.349 e. The molecule has 13 heteroatoms. The second kappa shape index (κ2) is 18.2. The molecule has 0 spiro atoms. The molecule has 0 saturated carbocycles. The van der Waals surface area contributed by atoms with E-state index in [0.29, 0.717) is 25.2 Å². The van der Waals surface area contributed by atoms with Crippen molar-refractivity contribution in [2.45, 2.75) is 44.7 Å². The maximum absolute atomic E-state index is 12.8. The first-order chi connectivity index (χ1) is 20.7. The molecule has 1 saturated heterocycles. The first kappa shape index (κ1) is 34.0. The monoisotopic (exact) mass is 597 g/mol. The van der Waals surface area contributed by atoms with Crippen LogP contribution in [0, 0.1) is 5.41 Å². The van der Waals surface area contributed by atoms with Crippen molar-refractivity contribution in [1.29, 1.82) is 5.41 Å². The van der Waals surface area contributed by atoms with E-state index in [1.54, 1.807) is 16.8 Å².